The third kappa shape index (κ3) is 4.82. The first-order valence-corrected chi connectivity index (χ1v) is 6.77. The molecule has 0 aromatic carbocycles. The lowest BCUT2D eigenvalue weighted by Gasteiger charge is -2.20. The molecule has 1 aromatic rings. The maximum absolute atomic E-state index is 11.8. The van der Waals surface area contributed by atoms with Gasteiger partial charge in [-0.3, -0.25) is 4.79 Å². The van der Waals surface area contributed by atoms with Gasteiger partial charge in [-0.15, -0.1) is 11.3 Å². The number of hydrogen-bond acceptors (Lipinski definition) is 5. The molecule has 1 aromatic heterocycles. The van der Waals surface area contributed by atoms with Crippen LogP contribution in [0.1, 0.15) is 28.5 Å². The second-order valence-corrected chi connectivity index (χ2v) is 5.42. The number of carbonyl (C=O) groups excluding carboxylic acids is 2. The van der Waals surface area contributed by atoms with Gasteiger partial charge in [-0.25, -0.2) is 9.78 Å². The Labute approximate surface area is 116 Å². The average molecular weight is 282 g/mol. The first-order valence-electron chi connectivity index (χ1n) is 5.95. The van der Waals surface area contributed by atoms with Gasteiger partial charge in [0.1, 0.15) is 4.88 Å². The predicted octanol–water partition coefficient (Wildman–Crippen LogP) is 2.03. The van der Waals surface area contributed by atoms with Gasteiger partial charge in [0.2, 0.25) is 0 Å². The molecule has 1 amide bonds. The van der Waals surface area contributed by atoms with Crippen molar-refractivity contribution >= 4 is 23.2 Å². The molecule has 0 aliphatic rings. The molecule has 0 saturated carbocycles. The minimum atomic E-state index is -0.509. The second-order valence-electron chi connectivity index (χ2n) is 4.18. The lowest BCUT2D eigenvalue weighted by Crippen LogP contribution is -2.35. The average Bonchev–Trinajstić information content (AvgIpc) is 2.79. The summed E-state index contributed by atoms with van der Waals surface area (Å²) < 4.78 is 4.98. The molecule has 104 valence electrons. The van der Waals surface area contributed by atoms with Gasteiger partial charge in [-0.2, -0.15) is 0 Å². The number of rotatable bonds is 6. The summed E-state index contributed by atoms with van der Waals surface area (Å²) in [4.78, 5) is 29.5. The highest BCUT2D eigenvalue weighted by atomic mass is 32.1. The Hall–Kier alpha value is -1.69. The van der Waals surface area contributed by atoms with Crippen LogP contribution in [0.5, 0.6) is 0 Å². The normalized spacial score (nSPS) is 10.1. The van der Waals surface area contributed by atoms with E-state index in [4.69, 9.17) is 4.74 Å². The lowest BCUT2D eigenvalue weighted by molar-refractivity contribution is -0.133. The van der Waals surface area contributed by atoms with E-state index in [2.05, 4.69) is 11.6 Å². The van der Waals surface area contributed by atoms with E-state index in [1.807, 2.05) is 13.8 Å². The summed E-state index contributed by atoms with van der Waals surface area (Å²) in [5, 5.41) is 0.788. The van der Waals surface area contributed by atoms with Crippen LogP contribution in [0.4, 0.5) is 0 Å². The molecule has 0 aliphatic carbocycles. The fourth-order valence-corrected chi connectivity index (χ4v) is 2.12. The van der Waals surface area contributed by atoms with Crippen molar-refractivity contribution < 1.29 is 14.3 Å². The molecule has 0 radical (unpaired) electrons. The molecule has 0 bridgehead atoms. The van der Waals surface area contributed by atoms with Crippen molar-refractivity contribution in [1.82, 2.24) is 9.88 Å². The van der Waals surface area contributed by atoms with Crippen molar-refractivity contribution in [2.75, 3.05) is 19.7 Å². The van der Waals surface area contributed by atoms with Crippen LogP contribution in [0, 0.1) is 6.92 Å². The summed E-state index contributed by atoms with van der Waals surface area (Å²) in [6.45, 7) is 10.1. The zero-order valence-corrected chi connectivity index (χ0v) is 12.2. The summed E-state index contributed by atoms with van der Waals surface area (Å²) in [6, 6.07) is 0. The maximum atomic E-state index is 11.8. The second kappa shape index (κ2) is 7.04. The summed E-state index contributed by atoms with van der Waals surface area (Å²) in [7, 11) is 0. The van der Waals surface area contributed by atoms with Gasteiger partial charge in [0, 0.05) is 13.1 Å². The largest absolute Gasteiger partial charge is 0.451 e. The van der Waals surface area contributed by atoms with Crippen LogP contribution in [0.3, 0.4) is 0 Å². The Morgan fingerprint density at radius 1 is 1.53 bits per heavy atom. The van der Waals surface area contributed by atoms with Crippen LogP contribution >= 0.6 is 11.3 Å². The number of hydrogen-bond donors (Lipinski definition) is 0. The topological polar surface area (TPSA) is 59.5 Å². The molecule has 0 unspecified atom stereocenters. The van der Waals surface area contributed by atoms with Gasteiger partial charge in [0.05, 0.1) is 11.2 Å². The fourth-order valence-electron chi connectivity index (χ4n) is 1.45. The number of likely N-dealkylation sites (N-methyl/N-ethyl adjacent to an activating group) is 1. The van der Waals surface area contributed by atoms with E-state index in [0.29, 0.717) is 18.0 Å². The van der Waals surface area contributed by atoms with E-state index >= 15 is 0 Å². The van der Waals surface area contributed by atoms with E-state index in [0.717, 1.165) is 10.6 Å². The van der Waals surface area contributed by atoms with Crippen molar-refractivity contribution in [3.05, 3.63) is 28.2 Å². The van der Waals surface area contributed by atoms with Crippen molar-refractivity contribution in [1.29, 1.82) is 0 Å². The van der Waals surface area contributed by atoms with Crippen LogP contribution in [0.25, 0.3) is 0 Å². The molecular weight excluding hydrogens is 264 g/mol. The quantitative estimate of drug-likeness (QED) is 0.592. The van der Waals surface area contributed by atoms with E-state index in [-0.39, 0.29) is 12.5 Å². The van der Waals surface area contributed by atoms with E-state index in [9.17, 15) is 9.59 Å². The number of nitrogens with zero attached hydrogens (tertiary/aromatic N) is 2. The van der Waals surface area contributed by atoms with Crippen LogP contribution in [0.15, 0.2) is 18.3 Å². The van der Waals surface area contributed by atoms with Gasteiger partial charge in [-0.05, 0) is 20.8 Å². The molecule has 6 heteroatoms. The van der Waals surface area contributed by atoms with Crippen molar-refractivity contribution in [2.24, 2.45) is 0 Å². The van der Waals surface area contributed by atoms with Crippen LogP contribution in [0.2, 0.25) is 0 Å². The smallest absolute Gasteiger partial charge is 0.350 e. The number of carbonyl (C=O) groups is 2. The minimum Gasteiger partial charge on any atom is -0.451 e. The number of ether oxygens (including phenoxy) is 1. The van der Waals surface area contributed by atoms with E-state index in [1.54, 1.807) is 11.8 Å². The fraction of sp³-hybridized carbons (Fsp3) is 0.462. The SMILES string of the molecule is C=C(C)CN(CC)C(=O)COC(=O)c1cnc(C)s1. The number of thiazole rings is 1. The highest BCUT2D eigenvalue weighted by Crippen LogP contribution is 2.12. The van der Waals surface area contributed by atoms with Crippen molar-refractivity contribution in [2.45, 2.75) is 20.8 Å². The first-order chi connectivity index (χ1) is 8.93. The number of esters is 1. The Morgan fingerprint density at radius 2 is 2.21 bits per heavy atom. The molecule has 0 aliphatic heterocycles. The summed E-state index contributed by atoms with van der Waals surface area (Å²) in [6.07, 6.45) is 1.46. The van der Waals surface area contributed by atoms with Gasteiger partial charge < -0.3 is 9.64 Å². The molecule has 1 heterocycles. The predicted molar refractivity (Wildman–Crippen MR) is 74.2 cm³/mol. The monoisotopic (exact) mass is 282 g/mol. The number of amides is 1. The summed E-state index contributed by atoms with van der Waals surface area (Å²) in [5.74, 6) is -0.731. The molecule has 0 N–H and O–H groups in total. The maximum Gasteiger partial charge on any atom is 0.350 e. The lowest BCUT2D eigenvalue weighted by atomic mass is 10.3. The van der Waals surface area contributed by atoms with Crippen molar-refractivity contribution in [3.8, 4) is 0 Å². The van der Waals surface area contributed by atoms with Gasteiger partial charge in [-0.1, -0.05) is 12.2 Å². The molecule has 0 spiro atoms. The third-order valence-electron chi connectivity index (χ3n) is 2.34. The highest BCUT2D eigenvalue weighted by molar-refractivity contribution is 7.13. The third-order valence-corrected chi connectivity index (χ3v) is 3.24. The standard InChI is InChI=1S/C13H18N2O3S/c1-5-15(7-9(2)3)12(16)8-18-13(17)11-6-14-10(4)19-11/h6H,2,5,7-8H2,1,3-4H3. The minimum absolute atomic E-state index is 0.222. The van der Waals surface area contributed by atoms with Crippen LogP contribution in [-0.4, -0.2) is 41.5 Å². The number of aromatic nitrogens is 1. The summed E-state index contributed by atoms with van der Waals surface area (Å²) in [5.41, 5.74) is 0.889. The first kappa shape index (κ1) is 15.4. The van der Waals surface area contributed by atoms with Crippen LogP contribution < -0.4 is 0 Å². The molecule has 5 nitrogen and oxygen atoms in total. The van der Waals surface area contributed by atoms with E-state index < -0.39 is 5.97 Å². The molecule has 0 atom stereocenters. The Bertz CT molecular complexity index is 482. The van der Waals surface area contributed by atoms with Crippen LogP contribution in [-0.2, 0) is 9.53 Å². The van der Waals surface area contributed by atoms with Gasteiger partial charge >= 0.3 is 5.97 Å². The molecule has 0 fully saturated rings. The summed E-state index contributed by atoms with van der Waals surface area (Å²) >= 11 is 1.25. The molecule has 19 heavy (non-hydrogen) atoms. The Kier molecular flexibility index (Phi) is 5.69. The van der Waals surface area contributed by atoms with Crippen molar-refractivity contribution in [3.63, 3.8) is 0 Å². The van der Waals surface area contributed by atoms with Gasteiger partial charge in [0.25, 0.3) is 5.91 Å². The van der Waals surface area contributed by atoms with Gasteiger partial charge in [0.15, 0.2) is 6.61 Å². The highest BCUT2D eigenvalue weighted by Gasteiger charge is 2.16. The number of aryl methyl sites for hydroxylation is 1. The molecule has 0 saturated heterocycles. The molecular formula is C13H18N2O3S. The zero-order chi connectivity index (χ0) is 14.4. The molecule has 1 rings (SSSR count). The Balaban J connectivity index is 2.49. The van der Waals surface area contributed by atoms with E-state index in [1.165, 1.54) is 17.5 Å². The Morgan fingerprint density at radius 3 is 2.68 bits per heavy atom. The zero-order valence-electron chi connectivity index (χ0n) is 11.4.